The number of amides is 1. The van der Waals surface area contributed by atoms with Crippen LogP contribution in [0.15, 0.2) is 60.7 Å². The molecule has 0 bridgehead atoms. The summed E-state index contributed by atoms with van der Waals surface area (Å²) in [5.41, 5.74) is 1.51. The lowest BCUT2D eigenvalue weighted by Gasteiger charge is -2.25. The first-order chi connectivity index (χ1) is 15.4. The van der Waals surface area contributed by atoms with Gasteiger partial charge in [0.1, 0.15) is 13.2 Å². The summed E-state index contributed by atoms with van der Waals surface area (Å²) < 4.78 is 37.0. The second-order valence-corrected chi connectivity index (χ2v) is 9.63. The van der Waals surface area contributed by atoms with Gasteiger partial charge < -0.3 is 14.8 Å². The highest BCUT2D eigenvalue weighted by Crippen LogP contribution is 2.34. The second-order valence-electron chi connectivity index (χ2n) is 7.72. The van der Waals surface area contributed by atoms with Gasteiger partial charge in [-0.15, -0.1) is 0 Å². The highest BCUT2D eigenvalue weighted by molar-refractivity contribution is 7.92. The minimum atomic E-state index is -3.51. The lowest BCUT2D eigenvalue weighted by atomic mass is 10.1. The lowest BCUT2D eigenvalue weighted by Crippen LogP contribution is -2.32. The molecule has 4 rings (SSSR count). The van der Waals surface area contributed by atoms with E-state index in [9.17, 15) is 13.2 Å². The number of hydrogen-bond donors (Lipinski definition) is 1. The second kappa shape index (κ2) is 9.48. The Hall–Kier alpha value is -3.26. The predicted molar refractivity (Wildman–Crippen MR) is 125 cm³/mol. The highest BCUT2D eigenvalue weighted by Gasteiger charge is 2.21. The third kappa shape index (κ3) is 5.31. The summed E-state index contributed by atoms with van der Waals surface area (Å²) in [6, 6.07) is 19.2. The van der Waals surface area contributed by atoms with E-state index in [1.807, 2.05) is 36.4 Å². The van der Waals surface area contributed by atoms with E-state index in [-0.39, 0.29) is 18.9 Å². The van der Waals surface area contributed by atoms with Crippen molar-refractivity contribution in [2.75, 3.05) is 30.3 Å². The molecule has 168 valence electrons. The number of rotatable bonds is 8. The number of nitrogens with one attached hydrogen (secondary N) is 1. The van der Waals surface area contributed by atoms with Crippen LogP contribution >= 0.6 is 0 Å². The van der Waals surface area contributed by atoms with Gasteiger partial charge in [0.05, 0.1) is 11.9 Å². The van der Waals surface area contributed by atoms with E-state index in [1.165, 1.54) is 4.31 Å². The fourth-order valence-electron chi connectivity index (χ4n) is 3.69. The molecule has 1 aliphatic heterocycles. The number of ether oxygens (including phenoxy) is 2. The van der Waals surface area contributed by atoms with E-state index in [1.54, 1.807) is 18.2 Å². The summed E-state index contributed by atoms with van der Waals surface area (Å²) >= 11 is 0. The molecule has 0 atom stereocenters. The van der Waals surface area contributed by atoms with E-state index in [0.29, 0.717) is 43.4 Å². The zero-order chi connectivity index (χ0) is 22.6. The zero-order valence-corrected chi connectivity index (χ0v) is 18.7. The average molecular weight is 455 g/mol. The fraction of sp³-hybridized carbons (Fsp3) is 0.292. The molecule has 3 aromatic rings. The summed E-state index contributed by atoms with van der Waals surface area (Å²) in [6.45, 7) is 1.52. The van der Waals surface area contributed by atoms with Gasteiger partial charge in [0.15, 0.2) is 11.5 Å². The number of carbonyl (C=O) groups is 1. The molecule has 8 heteroatoms. The van der Waals surface area contributed by atoms with Gasteiger partial charge in [-0.1, -0.05) is 36.4 Å². The average Bonchev–Trinajstić information content (AvgIpc) is 2.79. The number of anilines is 1. The van der Waals surface area contributed by atoms with Gasteiger partial charge >= 0.3 is 0 Å². The summed E-state index contributed by atoms with van der Waals surface area (Å²) in [6.07, 6.45) is 1.78. The quantitative estimate of drug-likeness (QED) is 0.563. The molecule has 0 spiro atoms. The Balaban J connectivity index is 1.33. The van der Waals surface area contributed by atoms with Gasteiger partial charge in [-0.25, -0.2) is 8.42 Å². The Labute approximate surface area is 188 Å². The van der Waals surface area contributed by atoms with Gasteiger partial charge in [-0.05, 0) is 41.0 Å². The summed E-state index contributed by atoms with van der Waals surface area (Å²) in [7, 11) is -3.51. The van der Waals surface area contributed by atoms with Crippen molar-refractivity contribution in [2.24, 2.45) is 0 Å². The molecule has 1 amide bonds. The monoisotopic (exact) mass is 454 g/mol. The van der Waals surface area contributed by atoms with Gasteiger partial charge in [-0.2, -0.15) is 0 Å². The molecular formula is C24H26N2O5S. The number of sulfonamides is 1. The van der Waals surface area contributed by atoms with E-state index in [4.69, 9.17) is 9.47 Å². The van der Waals surface area contributed by atoms with Gasteiger partial charge in [0, 0.05) is 25.6 Å². The van der Waals surface area contributed by atoms with Crippen LogP contribution in [0.4, 0.5) is 5.69 Å². The fourth-order valence-corrected chi connectivity index (χ4v) is 4.65. The van der Waals surface area contributed by atoms with Crippen molar-refractivity contribution in [1.82, 2.24) is 5.32 Å². The van der Waals surface area contributed by atoms with Crippen LogP contribution in [0.1, 0.15) is 18.4 Å². The van der Waals surface area contributed by atoms with E-state index < -0.39 is 10.0 Å². The largest absolute Gasteiger partial charge is 0.486 e. The van der Waals surface area contributed by atoms with Crippen LogP contribution < -0.4 is 19.1 Å². The Morgan fingerprint density at radius 1 is 0.969 bits per heavy atom. The van der Waals surface area contributed by atoms with Gasteiger partial charge in [0.2, 0.25) is 15.9 Å². The molecule has 3 aromatic carbocycles. The van der Waals surface area contributed by atoms with Crippen LogP contribution in [-0.4, -0.2) is 40.3 Å². The molecule has 0 aliphatic carbocycles. The molecule has 1 heterocycles. The Morgan fingerprint density at radius 3 is 2.50 bits per heavy atom. The van der Waals surface area contributed by atoms with Crippen LogP contribution in [-0.2, 0) is 21.4 Å². The molecule has 0 saturated carbocycles. The minimum absolute atomic E-state index is 0.117. The molecule has 32 heavy (non-hydrogen) atoms. The van der Waals surface area contributed by atoms with Gasteiger partial charge in [-0.3, -0.25) is 9.10 Å². The number of hydrogen-bond acceptors (Lipinski definition) is 5. The maximum absolute atomic E-state index is 12.3. The molecule has 1 aliphatic rings. The highest BCUT2D eigenvalue weighted by atomic mass is 32.2. The summed E-state index contributed by atoms with van der Waals surface area (Å²) in [4.78, 5) is 12.3. The van der Waals surface area contributed by atoms with E-state index in [0.717, 1.165) is 22.6 Å². The molecular weight excluding hydrogens is 428 g/mol. The van der Waals surface area contributed by atoms with Crippen molar-refractivity contribution in [3.63, 3.8) is 0 Å². The topological polar surface area (TPSA) is 84.9 Å². The van der Waals surface area contributed by atoms with Crippen molar-refractivity contribution in [1.29, 1.82) is 0 Å². The normalized spacial score (nSPS) is 13.0. The third-order valence-corrected chi connectivity index (χ3v) is 6.48. The lowest BCUT2D eigenvalue weighted by molar-refractivity contribution is -0.121. The minimum Gasteiger partial charge on any atom is -0.486 e. The molecule has 0 radical (unpaired) electrons. The third-order valence-electron chi connectivity index (χ3n) is 5.28. The van der Waals surface area contributed by atoms with Crippen molar-refractivity contribution in [2.45, 2.75) is 19.4 Å². The van der Waals surface area contributed by atoms with Crippen LogP contribution in [0.5, 0.6) is 11.5 Å². The molecule has 0 saturated heterocycles. The predicted octanol–water partition coefficient (Wildman–Crippen LogP) is 3.47. The SMILES string of the molecule is CS(=O)(=O)N(CCCC(=O)NCc1ccc2ccccc2c1)c1ccc2c(c1)OCCO2. The summed E-state index contributed by atoms with van der Waals surface area (Å²) in [5.74, 6) is 1.01. The van der Waals surface area contributed by atoms with Crippen molar-refractivity contribution >= 4 is 32.4 Å². The Kier molecular flexibility index (Phi) is 6.50. The van der Waals surface area contributed by atoms with Crippen molar-refractivity contribution in [3.05, 3.63) is 66.2 Å². The molecule has 0 unspecified atom stereocenters. The van der Waals surface area contributed by atoms with Crippen LogP contribution in [0, 0.1) is 0 Å². The zero-order valence-electron chi connectivity index (χ0n) is 17.9. The standard InChI is InChI=1S/C24H26N2O5S/c1-32(28,29)26(21-10-11-22-23(16-21)31-14-13-30-22)12-4-7-24(27)25-17-18-8-9-19-5-2-3-6-20(19)15-18/h2-3,5-6,8-11,15-16H,4,7,12-14,17H2,1H3,(H,25,27). The molecule has 0 aromatic heterocycles. The molecule has 1 N–H and O–H groups in total. The maximum Gasteiger partial charge on any atom is 0.232 e. The van der Waals surface area contributed by atoms with E-state index in [2.05, 4.69) is 11.4 Å². The first kappa shape index (κ1) is 22.0. The molecule has 7 nitrogen and oxygen atoms in total. The smallest absolute Gasteiger partial charge is 0.232 e. The van der Waals surface area contributed by atoms with Gasteiger partial charge in [0.25, 0.3) is 0 Å². The number of fused-ring (bicyclic) bond motifs is 2. The first-order valence-corrected chi connectivity index (χ1v) is 12.4. The first-order valence-electron chi connectivity index (χ1n) is 10.5. The van der Waals surface area contributed by atoms with Crippen LogP contribution in [0.25, 0.3) is 10.8 Å². The number of nitrogens with zero attached hydrogens (tertiary/aromatic N) is 1. The van der Waals surface area contributed by atoms with Crippen LogP contribution in [0.2, 0.25) is 0 Å². The Bertz CT molecular complexity index is 1230. The maximum atomic E-state index is 12.3. The van der Waals surface area contributed by atoms with E-state index >= 15 is 0 Å². The Morgan fingerprint density at radius 2 is 1.72 bits per heavy atom. The van der Waals surface area contributed by atoms with Crippen molar-refractivity contribution < 1.29 is 22.7 Å². The number of carbonyl (C=O) groups excluding carboxylic acids is 1. The van der Waals surface area contributed by atoms with Crippen molar-refractivity contribution in [3.8, 4) is 11.5 Å². The number of benzene rings is 3. The summed E-state index contributed by atoms with van der Waals surface area (Å²) in [5, 5.41) is 5.20. The van der Waals surface area contributed by atoms with Crippen LogP contribution in [0.3, 0.4) is 0 Å². The molecule has 0 fully saturated rings.